The monoisotopic (exact) mass is 330 g/mol. The van der Waals surface area contributed by atoms with E-state index in [2.05, 4.69) is 0 Å². The predicted octanol–water partition coefficient (Wildman–Crippen LogP) is 5.10. The molecule has 0 saturated carbocycles. The molecule has 0 radical (unpaired) electrons. The Labute approximate surface area is 128 Å². The van der Waals surface area contributed by atoms with Gasteiger partial charge in [0, 0.05) is 16.2 Å². The van der Waals surface area contributed by atoms with Gasteiger partial charge in [-0.2, -0.15) is 13.2 Å². The van der Waals surface area contributed by atoms with Crippen LogP contribution in [0.4, 0.5) is 13.2 Å². The number of aliphatic hydroxyl groups is 1. The summed E-state index contributed by atoms with van der Waals surface area (Å²) in [6.45, 7) is 0. The lowest BCUT2D eigenvalue weighted by Gasteiger charge is -2.15. The summed E-state index contributed by atoms with van der Waals surface area (Å²) >= 11 is 6.96. The SMILES string of the molecule is OC1Cc2ccccc2Sc2cc(C(F)(F)F)c(Cl)cc21. The number of aliphatic hydroxyl groups excluding tert-OH is 1. The van der Waals surface area contributed by atoms with E-state index in [0.29, 0.717) is 16.9 Å². The van der Waals surface area contributed by atoms with Crippen molar-refractivity contribution in [3.63, 3.8) is 0 Å². The fraction of sp³-hybridized carbons (Fsp3) is 0.200. The zero-order valence-corrected chi connectivity index (χ0v) is 12.2. The molecule has 1 atom stereocenters. The molecule has 1 unspecified atom stereocenters. The predicted molar refractivity (Wildman–Crippen MR) is 75.7 cm³/mol. The van der Waals surface area contributed by atoms with E-state index in [4.69, 9.17) is 11.6 Å². The van der Waals surface area contributed by atoms with E-state index in [0.717, 1.165) is 16.5 Å². The molecule has 0 fully saturated rings. The maximum atomic E-state index is 13.0. The van der Waals surface area contributed by atoms with Gasteiger partial charge >= 0.3 is 6.18 Å². The van der Waals surface area contributed by atoms with Crippen molar-refractivity contribution >= 4 is 23.4 Å². The molecule has 3 rings (SSSR count). The minimum atomic E-state index is -4.51. The van der Waals surface area contributed by atoms with Crippen LogP contribution in [0.2, 0.25) is 5.02 Å². The second kappa shape index (κ2) is 5.23. The van der Waals surface area contributed by atoms with Crippen LogP contribution in [0.1, 0.15) is 22.8 Å². The van der Waals surface area contributed by atoms with Crippen LogP contribution in [0.25, 0.3) is 0 Å². The molecule has 0 bridgehead atoms. The minimum absolute atomic E-state index is 0.359. The number of halogens is 4. The molecule has 0 aromatic heterocycles. The second-order valence-electron chi connectivity index (χ2n) is 4.80. The molecule has 0 saturated heterocycles. The van der Waals surface area contributed by atoms with Crippen molar-refractivity contribution in [1.29, 1.82) is 0 Å². The Morgan fingerprint density at radius 2 is 1.86 bits per heavy atom. The Balaban J connectivity index is 2.16. The first-order valence-electron chi connectivity index (χ1n) is 6.20. The highest BCUT2D eigenvalue weighted by molar-refractivity contribution is 7.99. The Kier molecular flexibility index (Phi) is 3.67. The third kappa shape index (κ3) is 2.78. The maximum absolute atomic E-state index is 13.0. The van der Waals surface area contributed by atoms with E-state index < -0.39 is 17.8 Å². The van der Waals surface area contributed by atoms with Crippen molar-refractivity contribution in [1.82, 2.24) is 0 Å². The lowest BCUT2D eigenvalue weighted by molar-refractivity contribution is -0.137. The van der Waals surface area contributed by atoms with Gasteiger partial charge in [0.2, 0.25) is 0 Å². The second-order valence-corrected chi connectivity index (χ2v) is 6.29. The number of alkyl halides is 3. The van der Waals surface area contributed by atoms with E-state index in [1.165, 1.54) is 17.8 Å². The van der Waals surface area contributed by atoms with Gasteiger partial charge in [-0.15, -0.1) is 0 Å². The van der Waals surface area contributed by atoms with Gasteiger partial charge in [0.15, 0.2) is 0 Å². The summed E-state index contributed by atoms with van der Waals surface area (Å²) in [5.74, 6) is 0. The van der Waals surface area contributed by atoms with Crippen LogP contribution in [-0.2, 0) is 12.6 Å². The molecule has 0 aliphatic carbocycles. The summed E-state index contributed by atoms with van der Waals surface area (Å²) in [4.78, 5) is 1.25. The van der Waals surface area contributed by atoms with Crippen LogP contribution >= 0.6 is 23.4 Å². The quantitative estimate of drug-likeness (QED) is 0.725. The smallest absolute Gasteiger partial charge is 0.388 e. The Bertz CT molecular complexity index is 700. The molecule has 1 heterocycles. The molecular weight excluding hydrogens is 321 g/mol. The molecule has 21 heavy (non-hydrogen) atoms. The number of hydrogen-bond donors (Lipinski definition) is 1. The fourth-order valence-corrected chi connectivity index (χ4v) is 3.78. The molecule has 110 valence electrons. The minimum Gasteiger partial charge on any atom is -0.388 e. The van der Waals surface area contributed by atoms with E-state index in [1.807, 2.05) is 24.3 Å². The van der Waals surface area contributed by atoms with Gasteiger partial charge in [-0.1, -0.05) is 41.6 Å². The molecule has 2 aromatic carbocycles. The van der Waals surface area contributed by atoms with Crippen LogP contribution in [0, 0.1) is 0 Å². The van der Waals surface area contributed by atoms with Gasteiger partial charge in [0.25, 0.3) is 0 Å². The first-order valence-corrected chi connectivity index (χ1v) is 7.40. The largest absolute Gasteiger partial charge is 0.417 e. The van der Waals surface area contributed by atoms with Gasteiger partial charge < -0.3 is 5.11 Å². The molecule has 0 spiro atoms. The zero-order chi connectivity index (χ0) is 15.2. The summed E-state index contributed by atoms with van der Waals surface area (Å²) in [7, 11) is 0. The maximum Gasteiger partial charge on any atom is 0.417 e. The van der Waals surface area contributed by atoms with Gasteiger partial charge in [0.05, 0.1) is 16.7 Å². The standard InChI is InChI=1S/C15H10ClF3OS/c16-11-6-9-12(20)5-8-3-1-2-4-13(8)21-14(9)7-10(11)15(17,18)19/h1-4,6-7,12,20H,5H2. The fourth-order valence-electron chi connectivity index (χ4n) is 2.34. The molecule has 1 aliphatic heterocycles. The molecule has 2 aromatic rings. The topological polar surface area (TPSA) is 20.2 Å². The molecule has 1 N–H and O–H groups in total. The third-order valence-corrected chi connectivity index (χ3v) is 4.87. The van der Waals surface area contributed by atoms with Crippen LogP contribution < -0.4 is 0 Å². The lowest BCUT2D eigenvalue weighted by Crippen LogP contribution is -2.08. The van der Waals surface area contributed by atoms with Crippen molar-refractivity contribution in [2.45, 2.75) is 28.5 Å². The zero-order valence-electron chi connectivity index (χ0n) is 10.6. The van der Waals surface area contributed by atoms with Crippen molar-refractivity contribution in [3.05, 3.63) is 58.1 Å². The van der Waals surface area contributed by atoms with Crippen molar-refractivity contribution in [3.8, 4) is 0 Å². The molecule has 1 aliphatic rings. The highest BCUT2D eigenvalue weighted by Gasteiger charge is 2.35. The Morgan fingerprint density at radius 3 is 2.57 bits per heavy atom. The Morgan fingerprint density at radius 1 is 1.14 bits per heavy atom. The summed E-state index contributed by atoms with van der Waals surface area (Å²) in [5, 5.41) is 9.87. The van der Waals surface area contributed by atoms with Crippen LogP contribution in [-0.4, -0.2) is 5.11 Å². The molecular formula is C15H10ClF3OS. The van der Waals surface area contributed by atoms with E-state index >= 15 is 0 Å². The van der Waals surface area contributed by atoms with Crippen molar-refractivity contribution in [2.24, 2.45) is 0 Å². The third-order valence-electron chi connectivity index (χ3n) is 3.37. The number of benzene rings is 2. The highest BCUT2D eigenvalue weighted by atomic mass is 35.5. The summed E-state index contributed by atoms with van der Waals surface area (Å²) in [6, 6.07) is 9.62. The van der Waals surface area contributed by atoms with E-state index in [1.54, 1.807) is 0 Å². The number of fused-ring (bicyclic) bond motifs is 2. The summed E-state index contributed by atoms with van der Waals surface area (Å²) < 4.78 is 38.9. The van der Waals surface area contributed by atoms with Crippen LogP contribution in [0.15, 0.2) is 46.2 Å². The average molecular weight is 331 g/mol. The molecule has 1 nitrogen and oxygen atoms in total. The van der Waals surface area contributed by atoms with Gasteiger partial charge in [0.1, 0.15) is 0 Å². The van der Waals surface area contributed by atoms with E-state index in [-0.39, 0.29) is 5.02 Å². The highest BCUT2D eigenvalue weighted by Crippen LogP contribution is 2.45. The van der Waals surface area contributed by atoms with Crippen molar-refractivity contribution in [2.75, 3.05) is 0 Å². The average Bonchev–Trinajstić information content (AvgIpc) is 2.53. The summed E-state index contributed by atoms with van der Waals surface area (Å²) in [6.07, 6.45) is -5.02. The van der Waals surface area contributed by atoms with Gasteiger partial charge in [-0.3, -0.25) is 0 Å². The van der Waals surface area contributed by atoms with Crippen LogP contribution in [0.5, 0.6) is 0 Å². The van der Waals surface area contributed by atoms with Crippen LogP contribution in [0.3, 0.4) is 0 Å². The Hall–Kier alpha value is -1.17. The van der Waals surface area contributed by atoms with Gasteiger partial charge in [-0.25, -0.2) is 0 Å². The first-order chi connectivity index (χ1) is 9.86. The summed E-state index contributed by atoms with van der Waals surface area (Å²) in [5.41, 5.74) is 0.479. The molecule has 6 heteroatoms. The first kappa shape index (κ1) is 14.8. The normalized spacial score (nSPS) is 17.9. The van der Waals surface area contributed by atoms with Gasteiger partial charge in [-0.05, 0) is 29.3 Å². The lowest BCUT2D eigenvalue weighted by atomic mass is 10.0. The molecule has 0 amide bonds. The number of rotatable bonds is 0. The van der Waals surface area contributed by atoms with Crippen molar-refractivity contribution < 1.29 is 18.3 Å². The number of hydrogen-bond acceptors (Lipinski definition) is 2. The van der Waals surface area contributed by atoms with E-state index in [9.17, 15) is 18.3 Å².